The molecule has 1 saturated heterocycles. The van der Waals surface area contributed by atoms with E-state index in [-0.39, 0.29) is 18.1 Å². The molecule has 2 heterocycles. The zero-order valence-corrected chi connectivity index (χ0v) is 18.1. The number of rotatable bonds is 6. The van der Waals surface area contributed by atoms with Gasteiger partial charge in [-0.2, -0.15) is 0 Å². The van der Waals surface area contributed by atoms with Crippen molar-refractivity contribution in [2.45, 2.75) is 12.5 Å². The minimum atomic E-state index is -0.730. The molecule has 0 radical (unpaired) electrons. The van der Waals surface area contributed by atoms with E-state index in [1.807, 2.05) is 19.0 Å². The van der Waals surface area contributed by atoms with Crippen molar-refractivity contribution in [2.24, 2.45) is 0 Å². The van der Waals surface area contributed by atoms with E-state index in [1.54, 1.807) is 42.5 Å². The molecule has 31 heavy (non-hydrogen) atoms. The molecule has 1 fully saturated rings. The number of carbonyl (C=O) groups is 2. The molecule has 1 unspecified atom stereocenters. The third-order valence-electron chi connectivity index (χ3n) is 5.35. The van der Waals surface area contributed by atoms with Crippen LogP contribution in [0.3, 0.4) is 0 Å². The molecule has 0 bridgehead atoms. The van der Waals surface area contributed by atoms with E-state index in [1.165, 1.54) is 4.90 Å². The number of hydrogen-bond acceptors (Lipinski definition) is 6. The second kappa shape index (κ2) is 8.61. The maximum Gasteiger partial charge on any atom is 0.295 e. The number of halogens is 1. The summed E-state index contributed by atoms with van der Waals surface area (Å²) in [6.07, 6.45) is 0.682. The summed E-state index contributed by atoms with van der Waals surface area (Å²) < 4.78 is 10.7. The highest BCUT2D eigenvalue weighted by Crippen LogP contribution is 2.41. The predicted octanol–water partition coefficient (Wildman–Crippen LogP) is 3.44. The number of carbonyl (C=O) groups excluding carboxylic acids is 2. The van der Waals surface area contributed by atoms with Crippen LogP contribution in [0.5, 0.6) is 11.5 Å². The smallest absolute Gasteiger partial charge is 0.295 e. The number of fused-ring (bicyclic) bond motifs is 1. The van der Waals surface area contributed by atoms with Gasteiger partial charge < -0.3 is 24.4 Å². The van der Waals surface area contributed by atoms with Crippen molar-refractivity contribution < 1.29 is 24.2 Å². The van der Waals surface area contributed by atoms with Crippen LogP contribution in [0, 0.1) is 0 Å². The number of aliphatic hydroxyl groups is 1. The van der Waals surface area contributed by atoms with Gasteiger partial charge in [0.1, 0.15) is 5.76 Å². The van der Waals surface area contributed by atoms with Crippen LogP contribution in [0.1, 0.15) is 23.6 Å². The number of likely N-dealkylation sites (tertiary alicyclic amines) is 1. The van der Waals surface area contributed by atoms with Gasteiger partial charge in [-0.05, 0) is 63.0 Å². The normalized spacial score (nSPS) is 19.5. The van der Waals surface area contributed by atoms with Crippen molar-refractivity contribution >= 4 is 29.1 Å². The van der Waals surface area contributed by atoms with Crippen molar-refractivity contribution in [2.75, 3.05) is 34.0 Å². The van der Waals surface area contributed by atoms with E-state index in [2.05, 4.69) is 0 Å². The van der Waals surface area contributed by atoms with Gasteiger partial charge in [0.2, 0.25) is 6.79 Å². The summed E-state index contributed by atoms with van der Waals surface area (Å²) in [4.78, 5) is 29.5. The van der Waals surface area contributed by atoms with Gasteiger partial charge in [0, 0.05) is 17.1 Å². The molecule has 2 aliphatic rings. The maximum atomic E-state index is 13.0. The second-order valence-electron chi connectivity index (χ2n) is 7.77. The maximum absolute atomic E-state index is 13.0. The second-order valence-corrected chi connectivity index (χ2v) is 8.21. The lowest BCUT2D eigenvalue weighted by Crippen LogP contribution is -2.32. The first kappa shape index (κ1) is 21.2. The Morgan fingerprint density at radius 3 is 2.68 bits per heavy atom. The zero-order chi connectivity index (χ0) is 22.1. The molecule has 1 amide bonds. The van der Waals surface area contributed by atoms with Crippen LogP contribution in [0.2, 0.25) is 5.02 Å². The first-order valence-electron chi connectivity index (χ1n) is 9.95. The third-order valence-corrected chi connectivity index (χ3v) is 5.59. The summed E-state index contributed by atoms with van der Waals surface area (Å²) in [5.41, 5.74) is 1.08. The van der Waals surface area contributed by atoms with Crippen LogP contribution < -0.4 is 9.47 Å². The molecule has 0 spiro atoms. The molecule has 8 heteroatoms. The zero-order valence-electron chi connectivity index (χ0n) is 17.3. The Labute approximate surface area is 185 Å². The highest BCUT2D eigenvalue weighted by atomic mass is 35.5. The summed E-state index contributed by atoms with van der Waals surface area (Å²) in [6, 6.07) is 11.2. The Morgan fingerprint density at radius 2 is 1.94 bits per heavy atom. The monoisotopic (exact) mass is 442 g/mol. The Morgan fingerprint density at radius 1 is 1.16 bits per heavy atom. The molecule has 162 valence electrons. The summed E-state index contributed by atoms with van der Waals surface area (Å²) in [5.74, 6) is -0.566. The van der Waals surface area contributed by atoms with E-state index in [4.69, 9.17) is 21.1 Å². The van der Waals surface area contributed by atoms with Crippen molar-refractivity contribution in [3.63, 3.8) is 0 Å². The topological polar surface area (TPSA) is 79.3 Å². The van der Waals surface area contributed by atoms with E-state index in [9.17, 15) is 14.7 Å². The van der Waals surface area contributed by atoms with Gasteiger partial charge in [-0.3, -0.25) is 9.59 Å². The van der Waals surface area contributed by atoms with Crippen molar-refractivity contribution in [1.29, 1.82) is 0 Å². The number of benzene rings is 2. The van der Waals surface area contributed by atoms with Crippen molar-refractivity contribution in [3.05, 3.63) is 64.2 Å². The number of nitrogens with zero attached hydrogens (tertiary/aromatic N) is 2. The molecule has 1 N–H and O–H groups in total. The SMILES string of the molecule is CN(C)CCCN1C(=O)C(=O)C(=C(O)c2ccc3c(c2)OCO3)C1c1cccc(Cl)c1. The van der Waals surface area contributed by atoms with Crippen LogP contribution in [0.4, 0.5) is 0 Å². The summed E-state index contributed by atoms with van der Waals surface area (Å²) in [6.45, 7) is 1.23. The third kappa shape index (κ3) is 4.11. The van der Waals surface area contributed by atoms with Crippen LogP contribution in [-0.4, -0.2) is 60.6 Å². The predicted molar refractivity (Wildman–Crippen MR) is 116 cm³/mol. The molecular formula is C23H23ClN2O5. The van der Waals surface area contributed by atoms with Gasteiger partial charge in [0.25, 0.3) is 11.7 Å². The number of hydrogen-bond donors (Lipinski definition) is 1. The van der Waals surface area contributed by atoms with Crippen molar-refractivity contribution in [1.82, 2.24) is 9.80 Å². The van der Waals surface area contributed by atoms with E-state index in [0.29, 0.717) is 40.6 Å². The lowest BCUT2D eigenvalue weighted by molar-refractivity contribution is -0.139. The first-order valence-corrected chi connectivity index (χ1v) is 10.3. The van der Waals surface area contributed by atoms with Gasteiger partial charge in [-0.1, -0.05) is 23.7 Å². The standard InChI is InChI=1S/C23H23ClN2O5/c1-25(2)9-4-10-26-20(14-5-3-6-16(24)11-14)19(22(28)23(26)29)21(27)15-7-8-17-18(12-15)31-13-30-17/h3,5-8,11-12,20,27H,4,9-10,13H2,1-2H3. The minimum Gasteiger partial charge on any atom is -0.507 e. The number of Topliss-reactive ketones (excluding diaryl/α,β-unsaturated/α-hetero) is 1. The van der Waals surface area contributed by atoms with Crippen LogP contribution in [-0.2, 0) is 9.59 Å². The van der Waals surface area contributed by atoms with Gasteiger partial charge in [-0.15, -0.1) is 0 Å². The molecule has 0 aliphatic carbocycles. The molecular weight excluding hydrogens is 420 g/mol. The number of ether oxygens (including phenoxy) is 2. The Balaban J connectivity index is 1.79. The van der Waals surface area contributed by atoms with Gasteiger partial charge in [-0.25, -0.2) is 0 Å². The van der Waals surface area contributed by atoms with Gasteiger partial charge >= 0.3 is 0 Å². The van der Waals surface area contributed by atoms with Crippen LogP contribution >= 0.6 is 11.6 Å². The highest BCUT2D eigenvalue weighted by molar-refractivity contribution is 6.46. The molecule has 2 aromatic rings. The van der Waals surface area contributed by atoms with Crippen LogP contribution in [0.15, 0.2) is 48.0 Å². The van der Waals surface area contributed by atoms with Crippen molar-refractivity contribution in [3.8, 4) is 11.5 Å². The Hall–Kier alpha value is -3.03. The molecule has 0 aromatic heterocycles. The Kier molecular flexibility index (Phi) is 5.89. The quantitative estimate of drug-likeness (QED) is 0.419. The first-order chi connectivity index (χ1) is 14.9. The number of ketones is 1. The fourth-order valence-corrected chi connectivity index (χ4v) is 4.09. The largest absolute Gasteiger partial charge is 0.507 e. The van der Waals surface area contributed by atoms with E-state index < -0.39 is 17.7 Å². The van der Waals surface area contributed by atoms with Gasteiger partial charge in [0.15, 0.2) is 11.5 Å². The molecule has 1 atom stereocenters. The fraction of sp³-hybridized carbons (Fsp3) is 0.304. The molecule has 0 saturated carbocycles. The Bertz CT molecular complexity index is 1070. The lowest BCUT2D eigenvalue weighted by Gasteiger charge is -2.26. The highest BCUT2D eigenvalue weighted by Gasteiger charge is 2.45. The average Bonchev–Trinajstić information content (AvgIpc) is 3.30. The summed E-state index contributed by atoms with van der Waals surface area (Å²) in [7, 11) is 3.89. The van der Waals surface area contributed by atoms with Crippen LogP contribution in [0.25, 0.3) is 5.76 Å². The number of aliphatic hydroxyl groups excluding tert-OH is 1. The lowest BCUT2D eigenvalue weighted by atomic mass is 9.95. The molecule has 2 aliphatic heterocycles. The molecule has 4 rings (SSSR count). The fourth-order valence-electron chi connectivity index (χ4n) is 3.89. The number of amides is 1. The van der Waals surface area contributed by atoms with E-state index >= 15 is 0 Å². The summed E-state index contributed by atoms with van der Waals surface area (Å²) >= 11 is 6.19. The molecule has 7 nitrogen and oxygen atoms in total. The average molecular weight is 443 g/mol. The molecule has 2 aromatic carbocycles. The summed E-state index contributed by atoms with van der Waals surface area (Å²) in [5, 5.41) is 11.6. The minimum absolute atomic E-state index is 0.0379. The van der Waals surface area contributed by atoms with E-state index in [0.717, 1.165) is 6.54 Å². The van der Waals surface area contributed by atoms with Gasteiger partial charge in [0.05, 0.1) is 11.6 Å².